The fraction of sp³-hybridized carbons (Fsp3) is 0.533. The van der Waals surface area contributed by atoms with Crippen molar-refractivity contribution in [3.8, 4) is 0 Å². The Hall–Kier alpha value is -0.830. The number of carbonyl (C=O) groups excluding carboxylic acids is 1. The summed E-state index contributed by atoms with van der Waals surface area (Å²) in [5.74, 6) is 0.863. The van der Waals surface area contributed by atoms with Gasteiger partial charge in [0.2, 0.25) is 0 Å². The Morgan fingerprint density at radius 1 is 1.28 bits per heavy atom. The molecule has 3 heteroatoms. The van der Waals surface area contributed by atoms with Gasteiger partial charge in [-0.1, -0.05) is 28.9 Å². The third-order valence-corrected chi connectivity index (χ3v) is 4.64. The van der Waals surface area contributed by atoms with Crippen molar-refractivity contribution in [3.63, 3.8) is 0 Å². The highest BCUT2D eigenvalue weighted by Gasteiger charge is 2.20. The summed E-state index contributed by atoms with van der Waals surface area (Å²) < 4.78 is 0.993. The molecule has 1 saturated carbocycles. The molecule has 18 heavy (non-hydrogen) atoms. The smallest absolute Gasteiger partial charge is 0.251 e. The highest BCUT2D eigenvalue weighted by molar-refractivity contribution is 9.10. The number of carbonyl (C=O) groups is 1. The van der Waals surface area contributed by atoms with Crippen LogP contribution in [0.5, 0.6) is 0 Å². The van der Waals surface area contributed by atoms with Gasteiger partial charge in [-0.3, -0.25) is 4.79 Å². The van der Waals surface area contributed by atoms with Crippen molar-refractivity contribution < 1.29 is 4.79 Å². The van der Waals surface area contributed by atoms with E-state index in [9.17, 15) is 4.79 Å². The second-order valence-electron chi connectivity index (χ2n) is 5.39. The molecule has 1 aromatic rings. The standard InChI is InChI=1S/C15H20BrNO/c1-10-3-7-13(8-4-10)17-15(18)12-6-5-11(2)14(16)9-12/h5-6,9-10,13H,3-4,7-8H2,1-2H3,(H,17,18). The molecule has 2 nitrogen and oxygen atoms in total. The summed E-state index contributed by atoms with van der Waals surface area (Å²) in [6.45, 7) is 4.31. The van der Waals surface area contributed by atoms with Gasteiger partial charge >= 0.3 is 0 Å². The number of hydrogen-bond acceptors (Lipinski definition) is 1. The maximum atomic E-state index is 12.1. The quantitative estimate of drug-likeness (QED) is 0.876. The van der Waals surface area contributed by atoms with Crippen LogP contribution < -0.4 is 5.32 Å². The first-order valence-corrected chi connectivity index (χ1v) is 7.42. The molecule has 0 spiro atoms. The lowest BCUT2D eigenvalue weighted by molar-refractivity contribution is 0.0923. The largest absolute Gasteiger partial charge is 0.349 e. The molecule has 0 unspecified atom stereocenters. The van der Waals surface area contributed by atoms with Crippen LogP contribution in [0.3, 0.4) is 0 Å². The Morgan fingerprint density at radius 2 is 1.94 bits per heavy atom. The zero-order chi connectivity index (χ0) is 13.1. The average Bonchev–Trinajstić information content (AvgIpc) is 2.35. The third-order valence-electron chi connectivity index (χ3n) is 3.79. The summed E-state index contributed by atoms with van der Waals surface area (Å²) in [5.41, 5.74) is 1.89. The van der Waals surface area contributed by atoms with E-state index in [0.717, 1.165) is 34.4 Å². The van der Waals surface area contributed by atoms with Crippen LogP contribution in [0.25, 0.3) is 0 Å². The summed E-state index contributed by atoms with van der Waals surface area (Å²) in [4.78, 5) is 12.1. The molecule has 0 atom stereocenters. The monoisotopic (exact) mass is 309 g/mol. The van der Waals surface area contributed by atoms with Gasteiger partial charge in [-0.2, -0.15) is 0 Å². The molecule has 0 saturated heterocycles. The van der Waals surface area contributed by atoms with Crippen LogP contribution in [-0.2, 0) is 0 Å². The van der Waals surface area contributed by atoms with Crippen LogP contribution in [0.2, 0.25) is 0 Å². The summed E-state index contributed by atoms with van der Waals surface area (Å²) in [6, 6.07) is 6.12. The van der Waals surface area contributed by atoms with Crippen LogP contribution in [0.15, 0.2) is 22.7 Å². The number of halogens is 1. The first-order valence-electron chi connectivity index (χ1n) is 6.63. The number of benzene rings is 1. The van der Waals surface area contributed by atoms with Gasteiger partial charge < -0.3 is 5.32 Å². The molecule has 0 radical (unpaired) electrons. The number of rotatable bonds is 2. The van der Waals surface area contributed by atoms with Gasteiger partial charge in [0.1, 0.15) is 0 Å². The molecular weight excluding hydrogens is 290 g/mol. The first kappa shape index (κ1) is 13.6. The van der Waals surface area contributed by atoms with Gasteiger partial charge in [0.15, 0.2) is 0 Å². The highest BCUT2D eigenvalue weighted by atomic mass is 79.9. The Kier molecular flexibility index (Phi) is 4.44. The van der Waals surface area contributed by atoms with Crippen molar-refractivity contribution in [2.24, 2.45) is 5.92 Å². The predicted octanol–water partition coefficient (Wildman–Crippen LogP) is 4.07. The lowest BCUT2D eigenvalue weighted by atomic mass is 9.87. The molecule has 1 aliphatic rings. The molecule has 2 rings (SSSR count). The van der Waals surface area contributed by atoms with Crippen molar-refractivity contribution in [3.05, 3.63) is 33.8 Å². The van der Waals surface area contributed by atoms with E-state index in [4.69, 9.17) is 0 Å². The lowest BCUT2D eigenvalue weighted by Gasteiger charge is -2.26. The molecule has 0 aromatic heterocycles. The van der Waals surface area contributed by atoms with E-state index in [1.54, 1.807) is 0 Å². The molecule has 1 N–H and O–H groups in total. The number of nitrogens with one attached hydrogen (secondary N) is 1. The van der Waals surface area contributed by atoms with Gasteiger partial charge in [-0.05, 0) is 56.2 Å². The summed E-state index contributed by atoms with van der Waals surface area (Å²) >= 11 is 3.47. The molecule has 1 fully saturated rings. The van der Waals surface area contributed by atoms with Crippen molar-refractivity contribution in [1.82, 2.24) is 5.32 Å². The Bertz CT molecular complexity index is 436. The van der Waals surface area contributed by atoms with Gasteiger partial charge in [-0.25, -0.2) is 0 Å². The van der Waals surface area contributed by atoms with Crippen LogP contribution >= 0.6 is 15.9 Å². The molecule has 1 aromatic carbocycles. The van der Waals surface area contributed by atoms with Gasteiger partial charge in [-0.15, -0.1) is 0 Å². The van der Waals surface area contributed by atoms with E-state index >= 15 is 0 Å². The molecule has 0 bridgehead atoms. The highest BCUT2D eigenvalue weighted by Crippen LogP contribution is 2.24. The van der Waals surface area contributed by atoms with Gasteiger partial charge in [0, 0.05) is 16.1 Å². The maximum Gasteiger partial charge on any atom is 0.251 e. The minimum atomic E-state index is 0.0512. The van der Waals surface area contributed by atoms with Crippen molar-refractivity contribution in [1.29, 1.82) is 0 Å². The second-order valence-corrected chi connectivity index (χ2v) is 6.25. The molecule has 98 valence electrons. The van der Waals surface area contributed by atoms with Crippen LogP contribution in [0.1, 0.15) is 48.5 Å². The molecule has 0 heterocycles. The van der Waals surface area contributed by atoms with Gasteiger partial charge in [0.25, 0.3) is 5.91 Å². The fourth-order valence-electron chi connectivity index (χ4n) is 2.41. The topological polar surface area (TPSA) is 29.1 Å². The minimum absolute atomic E-state index is 0.0512. The summed E-state index contributed by atoms with van der Waals surface area (Å²) in [7, 11) is 0. The number of amides is 1. The molecule has 1 amide bonds. The van der Waals surface area contributed by atoms with Crippen molar-refractivity contribution >= 4 is 21.8 Å². The normalized spacial score (nSPS) is 23.7. The predicted molar refractivity (Wildman–Crippen MR) is 77.8 cm³/mol. The Balaban J connectivity index is 1.97. The van der Waals surface area contributed by atoms with Crippen LogP contribution in [-0.4, -0.2) is 11.9 Å². The molecular formula is C15H20BrNO. The third kappa shape index (κ3) is 3.35. The van der Waals surface area contributed by atoms with Crippen LogP contribution in [0.4, 0.5) is 0 Å². The van der Waals surface area contributed by atoms with Crippen molar-refractivity contribution in [2.45, 2.75) is 45.6 Å². The SMILES string of the molecule is Cc1ccc(C(=O)NC2CCC(C)CC2)cc1Br. The fourth-order valence-corrected chi connectivity index (χ4v) is 2.79. The first-order chi connectivity index (χ1) is 8.56. The molecule has 1 aliphatic carbocycles. The number of hydrogen-bond donors (Lipinski definition) is 1. The van der Waals surface area contributed by atoms with Crippen LogP contribution in [0, 0.1) is 12.8 Å². The van der Waals surface area contributed by atoms with E-state index in [1.165, 1.54) is 12.8 Å². The zero-order valence-electron chi connectivity index (χ0n) is 11.0. The Labute approximate surface area is 117 Å². The van der Waals surface area contributed by atoms with E-state index in [0.29, 0.717) is 6.04 Å². The average molecular weight is 310 g/mol. The second kappa shape index (κ2) is 5.87. The van der Waals surface area contributed by atoms with E-state index < -0.39 is 0 Å². The Morgan fingerprint density at radius 3 is 2.56 bits per heavy atom. The van der Waals surface area contributed by atoms with Crippen molar-refractivity contribution in [2.75, 3.05) is 0 Å². The van der Waals surface area contributed by atoms with E-state index in [2.05, 4.69) is 28.2 Å². The zero-order valence-corrected chi connectivity index (χ0v) is 12.6. The van der Waals surface area contributed by atoms with Gasteiger partial charge in [0.05, 0.1) is 0 Å². The van der Waals surface area contributed by atoms with E-state index in [-0.39, 0.29) is 5.91 Å². The number of aryl methyl sites for hydroxylation is 1. The summed E-state index contributed by atoms with van der Waals surface area (Å²) in [6.07, 6.45) is 4.67. The van der Waals surface area contributed by atoms with E-state index in [1.807, 2.05) is 25.1 Å². The lowest BCUT2D eigenvalue weighted by Crippen LogP contribution is -2.37. The molecule has 0 aliphatic heterocycles. The summed E-state index contributed by atoms with van der Waals surface area (Å²) in [5, 5.41) is 3.14. The maximum absolute atomic E-state index is 12.1. The minimum Gasteiger partial charge on any atom is -0.349 e.